The number of nitrogens with zero attached hydrogens (tertiary/aromatic N) is 2. The van der Waals surface area contributed by atoms with Crippen molar-refractivity contribution in [2.45, 2.75) is 18.7 Å². The first-order chi connectivity index (χ1) is 13.8. The number of hydrogen-bond donors (Lipinski definition) is 1. The third-order valence-corrected chi connectivity index (χ3v) is 6.79. The second kappa shape index (κ2) is 8.18. The molecular formula is C21H22N2O5S. The highest BCUT2D eigenvalue weighted by molar-refractivity contribution is 7.89. The summed E-state index contributed by atoms with van der Waals surface area (Å²) in [5.41, 5.74) is 1.62. The molecule has 29 heavy (non-hydrogen) atoms. The summed E-state index contributed by atoms with van der Waals surface area (Å²) in [7, 11) is -2.14. The standard InChI is InChI=1S/C21H22N2O5S/c1-4-23(5-2)29(26,27)16-10-11-19-17(12-16)18(21(24)25)13-20(22-19)14-6-8-15(28-3)9-7-14/h6-13H,4-5H2,1-3H3,(H,24,25). The van der Waals surface area contributed by atoms with Gasteiger partial charge >= 0.3 is 5.97 Å². The van der Waals surface area contributed by atoms with Gasteiger partial charge in [-0.05, 0) is 48.5 Å². The lowest BCUT2D eigenvalue weighted by molar-refractivity contribution is 0.0699. The minimum Gasteiger partial charge on any atom is -0.497 e. The van der Waals surface area contributed by atoms with Crippen molar-refractivity contribution in [1.29, 1.82) is 0 Å². The number of fused-ring (bicyclic) bond motifs is 1. The summed E-state index contributed by atoms with van der Waals surface area (Å²) in [6, 6.07) is 13.0. The Morgan fingerprint density at radius 3 is 2.28 bits per heavy atom. The van der Waals surface area contributed by atoms with E-state index in [1.807, 2.05) is 0 Å². The second-order valence-electron chi connectivity index (χ2n) is 6.36. The molecule has 1 heterocycles. The topological polar surface area (TPSA) is 96.8 Å². The third kappa shape index (κ3) is 3.94. The van der Waals surface area contributed by atoms with E-state index in [0.29, 0.717) is 30.0 Å². The number of carboxylic acids is 1. The Hall–Kier alpha value is -2.97. The van der Waals surface area contributed by atoms with Gasteiger partial charge in [0.1, 0.15) is 5.75 Å². The predicted octanol–water partition coefficient (Wildman–Crippen LogP) is 3.64. The van der Waals surface area contributed by atoms with Crippen molar-refractivity contribution < 1.29 is 23.1 Å². The number of carboxylic acid groups (broad SMARTS) is 1. The van der Waals surface area contributed by atoms with E-state index in [1.54, 1.807) is 51.3 Å². The highest BCUT2D eigenvalue weighted by Gasteiger charge is 2.23. The van der Waals surface area contributed by atoms with Crippen LogP contribution in [0.2, 0.25) is 0 Å². The van der Waals surface area contributed by atoms with Crippen LogP contribution in [0.1, 0.15) is 24.2 Å². The molecule has 1 aromatic heterocycles. The zero-order chi connectivity index (χ0) is 21.2. The molecule has 0 aliphatic carbocycles. The van der Waals surface area contributed by atoms with Crippen LogP contribution < -0.4 is 4.74 Å². The normalized spacial score (nSPS) is 11.7. The second-order valence-corrected chi connectivity index (χ2v) is 8.29. The third-order valence-electron chi connectivity index (χ3n) is 4.74. The van der Waals surface area contributed by atoms with Crippen molar-refractivity contribution in [3.05, 3.63) is 54.1 Å². The molecule has 8 heteroatoms. The molecule has 3 aromatic rings. The average Bonchev–Trinajstić information content (AvgIpc) is 2.73. The van der Waals surface area contributed by atoms with Gasteiger partial charge in [-0.1, -0.05) is 13.8 Å². The maximum Gasteiger partial charge on any atom is 0.336 e. The molecule has 152 valence electrons. The summed E-state index contributed by atoms with van der Waals surface area (Å²) in [6.07, 6.45) is 0. The van der Waals surface area contributed by atoms with Gasteiger partial charge < -0.3 is 9.84 Å². The summed E-state index contributed by atoms with van der Waals surface area (Å²) >= 11 is 0. The molecular weight excluding hydrogens is 392 g/mol. The number of aromatic nitrogens is 1. The van der Waals surface area contributed by atoms with Crippen LogP contribution in [-0.4, -0.2) is 49.0 Å². The van der Waals surface area contributed by atoms with Gasteiger partial charge in [0.2, 0.25) is 10.0 Å². The highest BCUT2D eigenvalue weighted by atomic mass is 32.2. The van der Waals surface area contributed by atoms with Gasteiger partial charge in [-0.2, -0.15) is 4.31 Å². The molecule has 0 bridgehead atoms. The Morgan fingerprint density at radius 2 is 1.72 bits per heavy atom. The predicted molar refractivity (Wildman–Crippen MR) is 111 cm³/mol. The van der Waals surface area contributed by atoms with E-state index < -0.39 is 16.0 Å². The zero-order valence-corrected chi connectivity index (χ0v) is 17.2. The van der Waals surface area contributed by atoms with Crippen molar-refractivity contribution in [3.8, 4) is 17.0 Å². The summed E-state index contributed by atoms with van der Waals surface area (Å²) < 4.78 is 32.1. The number of ether oxygens (including phenoxy) is 1. The van der Waals surface area contributed by atoms with Crippen molar-refractivity contribution in [1.82, 2.24) is 9.29 Å². The molecule has 0 saturated carbocycles. The number of carbonyl (C=O) groups is 1. The lowest BCUT2D eigenvalue weighted by atomic mass is 10.0. The molecule has 0 fully saturated rings. The smallest absolute Gasteiger partial charge is 0.336 e. The molecule has 0 spiro atoms. The Kier molecular flexibility index (Phi) is 5.86. The first-order valence-corrected chi connectivity index (χ1v) is 10.6. The van der Waals surface area contributed by atoms with Crippen molar-refractivity contribution >= 4 is 26.9 Å². The number of pyridine rings is 1. The van der Waals surface area contributed by atoms with Crippen LogP contribution >= 0.6 is 0 Å². The van der Waals surface area contributed by atoms with Crippen LogP contribution in [0, 0.1) is 0 Å². The summed E-state index contributed by atoms with van der Waals surface area (Å²) in [4.78, 5) is 16.5. The van der Waals surface area contributed by atoms with E-state index in [4.69, 9.17) is 4.74 Å². The maximum absolute atomic E-state index is 12.8. The van der Waals surface area contributed by atoms with Crippen LogP contribution in [0.25, 0.3) is 22.2 Å². The van der Waals surface area contributed by atoms with Gasteiger partial charge in [0.05, 0.1) is 28.8 Å². The monoisotopic (exact) mass is 414 g/mol. The summed E-state index contributed by atoms with van der Waals surface area (Å²) in [5, 5.41) is 10.0. The molecule has 3 rings (SSSR count). The minimum atomic E-state index is -3.71. The number of methoxy groups -OCH3 is 1. The van der Waals surface area contributed by atoms with Gasteiger partial charge in [-0.3, -0.25) is 0 Å². The quantitative estimate of drug-likeness (QED) is 0.634. The SMILES string of the molecule is CCN(CC)S(=O)(=O)c1ccc2nc(-c3ccc(OC)cc3)cc(C(=O)O)c2c1. The molecule has 0 aliphatic heterocycles. The van der Waals surface area contributed by atoms with Gasteiger partial charge in [0.15, 0.2) is 0 Å². The molecule has 0 amide bonds. The molecule has 0 saturated heterocycles. The molecule has 2 aromatic carbocycles. The molecule has 0 atom stereocenters. The highest BCUT2D eigenvalue weighted by Crippen LogP contribution is 2.29. The number of sulfonamides is 1. The Labute approximate surface area is 169 Å². The van der Waals surface area contributed by atoms with Gasteiger partial charge in [0, 0.05) is 24.0 Å². The number of hydrogen-bond acceptors (Lipinski definition) is 5. The molecule has 0 aliphatic rings. The molecule has 0 unspecified atom stereocenters. The van der Waals surface area contributed by atoms with Crippen LogP contribution in [-0.2, 0) is 10.0 Å². The van der Waals surface area contributed by atoms with Crippen LogP contribution in [0.4, 0.5) is 0 Å². The van der Waals surface area contributed by atoms with Gasteiger partial charge in [-0.25, -0.2) is 18.2 Å². The number of rotatable bonds is 7. The minimum absolute atomic E-state index is 0.00239. The van der Waals surface area contributed by atoms with Crippen molar-refractivity contribution in [3.63, 3.8) is 0 Å². The lowest BCUT2D eigenvalue weighted by Gasteiger charge is -2.19. The fourth-order valence-electron chi connectivity index (χ4n) is 3.16. The summed E-state index contributed by atoms with van der Waals surface area (Å²) in [5.74, 6) is -0.469. The largest absolute Gasteiger partial charge is 0.497 e. The fraction of sp³-hybridized carbons (Fsp3) is 0.238. The number of benzene rings is 2. The molecule has 0 radical (unpaired) electrons. The first kappa shape index (κ1) is 20.8. The molecule has 1 N–H and O–H groups in total. The zero-order valence-electron chi connectivity index (χ0n) is 16.4. The fourth-order valence-corrected chi connectivity index (χ4v) is 4.65. The van der Waals surface area contributed by atoms with E-state index in [-0.39, 0.29) is 15.8 Å². The van der Waals surface area contributed by atoms with Crippen molar-refractivity contribution in [2.75, 3.05) is 20.2 Å². The van der Waals surface area contributed by atoms with Crippen LogP contribution in [0.15, 0.2) is 53.4 Å². The average molecular weight is 414 g/mol. The van der Waals surface area contributed by atoms with E-state index in [2.05, 4.69) is 4.98 Å². The number of aromatic carboxylic acids is 1. The Morgan fingerprint density at radius 1 is 1.07 bits per heavy atom. The van der Waals surface area contributed by atoms with E-state index in [1.165, 1.54) is 22.5 Å². The Bertz CT molecular complexity index is 1150. The lowest BCUT2D eigenvalue weighted by Crippen LogP contribution is -2.30. The van der Waals surface area contributed by atoms with E-state index >= 15 is 0 Å². The summed E-state index contributed by atoms with van der Waals surface area (Å²) in [6.45, 7) is 4.18. The van der Waals surface area contributed by atoms with Gasteiger partial charge in [-0.15, -0.1) is 0 Å². The van der Waals surface area contributed by atoms with E-state index in [9.17, 15) is 18.3 Å². The molecule has 7 nitrogen and oxygen atoms in total. The Balaban J connectivity index is 2.18. The van der Waals surface area contributed by atoms with Crippen LogP contribution in [0.3, 0.4) is 0 Å². The van der Waals surface area contributed by atoms with Gasteiger partial charge in [0.25, 0.3) is 0 Å². The van der Waals surface area contributed by atoms with Crippen LogP contribution in [0.5, 0.6) is 5.75 Å². The van der Waals surface area contributed by atoms with Crippen molar-refractivity contribution in [2.24, 2.45) is 0 Å². The maximum atomic E-state index is 12.8. The van der Waals surface area contributed by atoms with E-state index in [0.717, 1.165) is 5.56 Å². The first-order valence-electron chi connectivity index (χ1n) is 9.14.